The lowest BCUT2D eigenvalue weighted by atomic mass is 9.80. The van der Waals surface area contributed by atoms with Crippen molar-refractivity contribution in [2.75, 3.05) is 19.4 Å². The lowest BCUT2D eigenvalue weighted by Crippen LogP contribution is -2.49. The van der Waals surface area contributed by atoms with Gasteiger partial charge in [-0.15, -0.1) is 0 Å². The fourth-order valence-electron chi connectivity index (χ4n) is 2.27. The minimum absolute atomic E-state index is 0.0149. The van der Waals surface area contributed by atoms with E-state index in [4.69, 9.17) is 16.2 Å². The van der Waals surface area contributed by atoms with E-state index < -0.39 is 21.5 Å². The smallest absolute Gasteiger partial charge is 0.248 e. The Kier molecular flexibility index (Phi) is 4.22. The molecule has 8 heteroatoms. The van der Waals surface area contributed by atoms with E-state index in [2.05, 4.69) is 4.72 Å². The van der Waals surface area contributed by atoms with Crippen molar-refractivity contribution >= 4 is 21.6 Å². The number of nitrogens with one attached hydrogen (secondary N) is 1. The topological polar surface area (TPSA) is 125 Å². The van der Waals surface area contributed by atoms with Crippen molar-refractivity contribution in [1.29, 1.82) is 0 Å². The first-order valence-corrected chi connectivity index (χ1v) is 8.02. The molecule has 0 aromatic heterocycles. The van der Waals surface area contributed by atoms with E-state index in [0.717, 1.165) is 19.3 Å². The van der Waals surface area contributed by atoms with Crippen LogP contribution in [0.3, 0.4) is 0 Å². The fourth-order valence-corrected chi connectivity index (χ4v) is 3.50. The van der Waals surface area contributed by atoms with Crippen molar-refractivity contribution in [2.24, 2.45) is 5.73 Å². The van der Waals surface area contributed by atoms with Crippen molar-refractivity contribution < 1.29 is 17.9 Å². The van der Waals surface area contributed by atoms with Crippen LogP contribution in [0.25, 0.3) is 0 Å². The highest BCUT2D eigenvalue weighted by Crippen LogP contribution is 2.34. The third kappa shape index (κ3) is 3.17. The van der Waals surface area contributed by atoms with Crippen LogP contribution in [-0.2, 0) is 14.8 Å². The standard InChI is InChI=1S/C13H19N3O4S/c1-20-13(5-2-6-13)8-16-21(18,19)11-4-3-9(12(15)17)7-10(11)14/h3-4,7,16H,2,5-6,8,14H2,1H3,(H2,15,17). The maximum atomic E-state index is 12.3. The molecule has 0 atom stereocenters. The maximum absolute atomic E-state index is 12.3. The zero-order chi connectivity index (χ0) is 15.7. The van der Waals surface area contributed by atoms with Gasteiger partial charge in [-0.05, 0) is 37.5 Å². The molecule has 0 unspecified atom stereocenters. The minimum Gasteiger partial charge on any atom is -0.398 e. The van der Waals surface area contributed by atoms with Gasteiger partial charge < -0.3 is 16.2 Å². The minimum atomic E-state index is -3.76. The molecule has 2 rings (SSSR count). The summed E-state index contributed by atoms with van der Waals surface area (Å²) in [7, 11) is -2.19. The molecule has 1 amide bonds. The van der Waals surface area contributed by atoms with Crippen molar-refractivity contribution in [1.82, 2.24) is 4.72 Å². The third-order valence-corrected chi connectivity index (χ3v) is 5.34. The molecule has 0 aliphatic heterocycles. The van der Waals surface area contributed by atoms with Gasteiger partial charge in [0.05, 0.1) is 11.3 Å². The Morgan fingerprint density at radius 2 is 2.10 bits per heavy atom. The first-order chi connectivity index (χ1) is 9.80. The van der Waals surface area contributed by atoms with Crippen molar-refractivity contribution in [3.05, 3.63) is 23.8 Å². The van der Waals surface area contributed by atoms with E-state index in [1.54, 1.807) is 7.11 Å². The molecule has 116 valence electrons. The van der Waals surface area contributed by atoms with E-state index >= 15 is 0 Å². The molecule has 5 N–H and O–H groups in total. The van der Waals surface area contributed by atoms with Crippen LogP contribution < -0.4 is 16.2 Å². The SMILES string of the molecule is COC1(CNS(=O)(=O)c2ccc(C(N)=O)cc2N)CCC1. The average molecular weight is 313 g/mol. The van der Waals surface area contributed by atoms with E-state index in [9.17, 15) is 13.2 Å². The predicted molar refractivity (Wildman–Crippen MR) is 78.2 cm³/mol. The van der Waals surface area contributed by atoms with Gasteiger partial charge in [0.2, 0.25) is 15.9 Å². The van der Waals surface area contributed by atoms with Crippen molar-refractivity contribution in [3.8, 4) is 0 Å². The molecule has 1 saturated carbocycles. The lowest BCUT2D eigenvalue weighted by Gasteiger charge is -2.40. The van der Waals surface area contributed by atoms with Gasteiger partial charge >= 0.3 is 0 Å². The highest BCUT2D eigenvalue weighted by atomic mass is 32.2. The number of hydrogen-bond acceptors (Lipinski definition) is 5. The molecule has 0 radical (unpaired) electrons. The van der Waals surface area contributed by atoms with Crippen LogP contribution in [0, 0.1) is 0 Å². The monoisotopic (exact) mass is 313 g/mol. The molecule has 0 spiro atoms. The second-order valence-electron chi connectivity index (χ2n) is 5.18. The summed E-state index contributed by atoms with van der Waals surface area (Å²) in [6, 6.07) is 3.87. The second kappa shape index (κ2) is 5.63. The maximum Gasteiger partial charge on any atom is 0.248 e. The van der Waals surface area contributed by atoms with E-state index in [1.165, 1.54) is 18.2 Å². The number of nitrogens with two attached hydrogens (primary N) is 2. The van der Waals surface area contributed by atoms with Crippen LogP contribution in [0.5, 0.6) is 0 Å². The van der Waals surface area contributed by atoms with Crippen LogP contribution in [0.15, 0.2) is 23.1 Å². The molecule has 0 bridgehead atoms. The number of amides is 1. The largest absolute Gasteiger partial charge is 0.398 e. The molecular formula is C13H19N3O4S. The second-order valence-corrected chi connectivity index (χ2v) is 6.92. The van der Waals surface area contributed by atoms with Crippen molar-refractivity contribution in [3.63, 3.8) is 0 Å². The quantitative estimate of drug-likeness (QED) is 0.648. The van der Waals surface area contributed by atoms with E-state index in [-0.39, 0.29) is 22.7 Å². The summed E-state index contributed by atoms with van der Waals surface area (Å²) in [4.78, 5) is 11.0. The molecule has 1 aromatic rings. The van der Waals surface area contributed by atoms with Gasteiger partial charge in [-0.3, -0.25) is 4.79 Å². The normalized spacial score (nSPS) is 17.2. The van der Waals surface area contributed by atoms with Crippen LogP contribution in [-0.4, -0.2) is 33.6 Å². The number of methoxy groups -OCH3 is 1. The zero-order valence-corrected chi connectivity index (χ0v) is 12.6. The van der Waals surface area contributed by atoms with E-state index in [1.807, 2.05) is 0 Å². The number of carbonyl (C=O) groups is 1. The Morgan fingerprint density at radius 3 is 2.52 bits per heavy atom. The Hall–Kier alpha value is -1.64. The number of primary amides is 1. The molecule has 21 heavy (non-hydrogen) atoms. The van der Waals surface area contributed by atoms with Gasteiger partial charge in [-0.25, -0.2) is 13.1 Å². The predicted octanol–water partition coefficient (Wildman–Crippen LogP) is 0.215. The van der Waals surface area contributed by atoms with Gasteiger partial charge in [0.25, 0.3) is 0 Å². The Labute approximate surface area is 123 Å². The number of carbonyl (C=O) groups excluding carboxylic acids is 1. The zero-order valence-electron chi connectivity index (χ0n) is 11.8. The number of ether oxygens (including phenoxy) is 1. The summed E-state index contributed by atoms with van der Waals surface area (Å²) < 4.78 is 32.4. The summed E-state index contributed by atoms with van der Waals surface area (Å²) in [5.74, 6) is -0.661. The van der Waals surface area contributed by atoms with Gasteiger partial charge in [0, 0.05) is 19.2 Å². The summed E-state index contributed by atoms with van der Waals surface area (Å²) in [6.45, 7) is 0.197. The molecular weight excluding hydrogens is 294 g/mol. The highest BCUT2D eigenvalue weighted by molar-refractivity contribution is 7.89. The van der Waals surface area contributed by atoms with Gasteiger partial charge in [-0.1, -0.05) is 0 Å². The number of nitrogen functional groups attached to an aromatic ring is 1. The van der Waals surface area contributed by atoms with Gasteiger partial charge in [0.15, 0.2) is 0 Å². The Morgan fingerprint density at radius 1 is 1.43 bits per heavy atom. The summed E-state index contributed by atoms with van der Waals surface area (Å²) in [5, 5.41) is 0. The van der Waals surface area contributed by atoms with Crippen LogP contribution in [0.4, 0.5) is 5.69 Å². The molecule has 7 nitrogen and oxygen atoms in total. The number of rotatable bonds is 6. The molecule has 1 aliphatic carbocycles. The van der Waals surface area contributed by atoms with E-state index in [0.29, 0.717) is 0 Å². The molecule has 1 aromatic carbocycles. The average Bonchev–Trinajstić information content (AvgIpc) is 2.37. The van der Waals surface area contributed by atoms with Crippen LogP contribution in [0.2, 0.25) is 0 Å². The number of anilines is 1. The number of hydrogen-bond donors (Lipinski definition) is 3. The molecule has 1 fully saturated rings. The summed E-state index contributed by atoms with van der Waals surface area (Å²) in [6.07, 6.45) is 2.66. The first-order valence-electron chi connectivity index (χ1n) is 6.54. The Balaban J connectivity index is 2.18. The van der Waals surface area contributed by atoms with Crippen LogP contribution >= 0.6 is 0 Å². The number of sulfonamides is 1. The Bertz CT molecular complexity index is 648. The first kappa shape index (κ1) is 15.7. The fraction of sp³-hybridized carbons (Fsp3) is 0.462. The summed E-state index contributed by atoms with van der Waals surface area (Å²) >= 11 is 0. The van der Waals surface area contributed by atoms with Gasteiger partial charge in [-0.2, -0.15) is 0 Å². The van der Waals surface area contributed by atoms with Crippen LogP contribution in [0.1, 0.15) is 29.6 Å². The molecule has 1 aliphatic rings. The molecule has 0 heterocycles. The number of benzene rings is 1. The van der Waals surface area contributed by atoms with Crippen molar-refractivity contribution in [2.45, 2.75) is 29.8 Å². The molecule has 0 saturated heterocycles. The lowest BCUT2D eigenvalue weighted by molar-refractivity contribution is -0.0659. The highest BCUT2D eigenvalue weighted by Gasteiger charge is 2.38. The third-order valence-electron chi connectivity index (χ3n) is 3.87. The summed E-state index contributed by atoms with van der Waals surface area (Å²) in [5.41, 5.74) is 10.6. The van der Waals surface area contributed by atoms with Gasteiger partial charge in [0.1, 0.15) is 4.90 Å².